The van der Waals surface area contributed by atoms with Crippen LogP contribution in [0.1, 0.15) is 5.56 Å². The Kier molecular flexibility index (Phi) is 8.83. The van der Waals surface area contributed by atoms with Crippen LogP contribution in [0, 0.1) is 6.92 Å². The molecule has 96 valence electrons. The van der Waals surface area contributed by atoms with Crippen LogP contribution in [0.25, 0.3) is 21.9 Å². The Morgan fingerprint density at radius 3 is 1.53 bits per heavy atom. The number of isocyanates is 2. The van der Waals surface area contributed by atoms with Crippen molar-refractivity contribution in [1.29, 1.82) is 0 Å². The molecule has 0 aliphatic carbocycles. The van der Waals surface area contributed by atoms with Gasteiger partial charge in [0, 0.05) is 0 Å². The molecule has 2 aromatic carbocycles. The number of nitrogens with zero attached hydrogens (tertiary/aromatic N) is 2. The zero-order valence-electron chi connectivity index (χ0n) is 10.4. The van der Waals surface area contributed by atoms with E-state index >= 15 is 0 Å². The Labute approximate surface area is 111 Å². The van der Waals surface area contributed by atoms with Crippen molar-refractivity contribution < 1.29 is 9.59 Å². The number of benzene rings is 2. The molecule has 0 spiro atoms. The largest absolute Gasteiger partial charge is 0.724 e. The molecule has 0 unspecified atom stereocenters. The molecule has 2 aromatic rings. The van der Waals surface area contributed by atoms with Crippen LogP contribution in [0.2, 0.25) is 0 Å². The summed E-state index contributed by atoms with van der Waals surface area (Å²) >= 11 is 0. The van der Waals surface area contributed by atoms with Gasteiger partial charge < -0.3 is 10.8 Å². The van der Waals surface area contributed by atoms with Gasteiger partial charge in [-0.05, 0) is 30.2 Å². The first-order valence-corrected chi connectivity index (χ1v) is 5.34. The first kappa shape index (κ1) is 16.2. The number of aryl methyl sites for hydroxylation is 1. The van der Waals surface area contributed by atoms with Crippen molar-refractivity contribution in [3.05, 3.63) is 71.0 Å². The third-order valence-corrected chi connectivity index (χ3v) is 2.16. The fourth-order valence-electron chi connectivity index (χ4n) is 1.38. The van der Waals surface area contributed by atoms with Gasteiger partial charge in [-0.1, -0.05) is 60.2 Å². The van der Waals surface area contributed by atoms with E-state index in [1.807, 2.05) is 6.07 Å². The van der Waals surface area contributed by atoms with Crippen LogP contribution in [0.15, 0.2) is 54.6 Å². The van der Waals surface area contributed by atoms with E-state index in [-0.39, 0.29) is 0 Å². The minimum atomic E-state index is 0.500. The zero-order chi connectivity index (χ0) is 14.5. The van der Waals surface area contributed by atoms with Gasteiger partial charge in [-0.3, -0.25) is 9.59 Å². The highest BCUT2D eigenvalue weighted by Gasteiger charge is 1.93. The number of carbonyl (C=O) groups excluding carboxylic acids is 2. The summed E-state index contributed by atoms with van der Waals surface area (Å²) in [6.07, 6.45) is 1.00. The summed E-state index contributed by atoms with van der Waals surface area (Å²) in [4.78, 5) is 16.5. The fourth-order valence-corrected chi connectivity index (χ4v) is 1.38. The van der Waals surface area contributed by atoms with Crippen LogP contribution < -0.4 is 0 Å². The molecule has 0 bridgehead atoms. The standard InChI is InChI=1S/C13H12.2CNO/c1-11-7-9-13(10-8-11)12-5-3-2-4-6-12;2*2-1-3/h2-10H,1H3;;/q;2*-1. The van der Waals surface area contributed by atoms with Gasteiger partial charge in [0.25, 0.3) is 0 Å². The lowest BCUT2D eigenvalue weighted by Gasteiger charge is -2.00. The lowest BCUT2D eigenvalue weighted by molar-refractivity contribution is 0.568. The van der Waals surface area contributed by atoms with Gasteiger partial charge in [-0.25, -0.2) is 0 Å². The lowest BCUT2D eigenvalue weighted by atomic mass is 10.0. The maximum Gasteiger partial charge on any atom is -0.0159 e. The molecule has 0 aliphatic rings. The molecular weight excluding hydrogens is 240 g/mol. The van der Waals surface area contributed by atoms with E-state index in [1.165, 1.54) is 16.7 Å². The van der Waals surface area contributed by atoms with Crippen molar-refractivity contribution in [2.75, 3.05) is 0 Å². The summed E-state index contributed by atoms with van der Waals surface area (Å²) in [5.74, 6) is 0. The molecule has 4 nitrogen and oxygen atoms in total. The Hall–Kier alpha value is -2.80. The second kappa shape index (κ2) is 10.4. The summed E-state index contributed by atoms with van der Waals surface area (Å²) in [7, 11) is 0. The quantitative estimate of drug-likeness (QED) is 0.575. The van der Waals surface area contributed by atoms with E-state index < -0.39 is 0 Å². The first-order chi connectivity index (χ1) is 9.19. The Bertz CT molecular complexity index is 524. The van der Waals surface area contributed by atoms with Crippen molar-refractivity contribution >= 4 is 12.2 Å². The van der Waals surface area contributed by atoms with E-state index in [0.717, 1.165) is 0 Å². The Balaban J connectivity index is 0.000000465. The molecule has 0 saturated heterocycles. The summed E-state index contributed by atoms with van der Waals surface area (Å²) in [6, 6.07) is 19.0. The summed E-state index contributed by atoms with van der Waals surface area (Å²) in [6.45, 7) is 2.11. The molecule has 0 heterocycles. The third-order valence-electron chi connectivity index (χ3n) is 2.16. The monoisotopic (exact) mass is 252 g/mol. The number of hydrogen-bond donors (Lipinski definition) is 0. The molecule has 0 fully saturated rings. The van der Waals surface area contributed by atoms with Gasteiger partial charge in [0.2, 0.25) is 0 Å². The van der Waals surface area contributed by atoms with Crippen molar-refractivity contribution in [2.24, 2.45) is 0 Å². The average Bonchev–Trinajstić information content (AvgIpc) is 2.42. The Morgan fingerprint density at radius 1 is 0.737 bits per heavy atom. The highest BCUT2D eigenvalue weighted by atomic mass is 16.1. The minimum Gasteiger partial charge on any atom is -0.724 e. The molecule has 19 heavy (non-hydrogen) atoms. The fraction of sp³-hybridized carbons (Fsp3) is 0.0667. The second-order valence-corrected chi connectivity index (χ2v) is 3.41. The van der Waals surface area contributed by atoms with E-state index in [0.29, 0.717) is 12.2 Å². The predicted molar refractivity (Wildman–Crippen MR) is 74.7 cm³/mol. The maximum absolute atomic E-state index is 8.24. The maximum atomic E-state index is 8.24. The van der Waals surface area contributed by atoms with Crippen molar-refractivity contribution in [2.45, 2.75) is 6.92 Å². The van der Waals surface area contributed by atoms with Crippen LogP contribution in [0.5, 0.6) is 0 Å². The summed E-state index contributed by atoms with van der Waals surface area (Å²) in [5.41, 5.74) is 3.87. The van der Waals surface area contributed by atoms with Crippen molar-refractivity contribution in [3.63, 3.8) is 0 Å². The molecular formula is C15H12N2O2-2. The van der Waals surface area contributed by atoms with E-state index in [1.54, 1.807) is 0 Å². The SMILES string of the molecule is Cc1ccc(-c2ccccc2)cc1.[N-]=C=O.[N-]=C=O. The average molecular weight is 252 g/mol. The Morgan fingerprint density at radius 2 is 1.11 bits per heavy atom. The van der Waals surface area contributed by atoms with Gasteiger partial charge in [0.1, 0.15) is 0 Å². The number of hydrogen-bond acceptors (Lipinski definition) is 2. The minimum absolute atomic E-state index is 0.500. The van der Waals surface area contributed by atoms with Crippen LogP contribution in [0.4, 0.5) is 0 Å². The van der Waals surface area contributed by atoms with Crippen LogP contribution in [0.3, 0.4) is 0 Å². The molecule has 0 atom stereocenters. The smallest absolute Gasteiger partial charge is 0.0159 e. The zero-order valence-corrected chi connectivity index (χ0v) is 10.4. The lowest BCUT2D eigenvalue weighted by Crippen LogP contribution is -1.76. The van der Waals surface area contributed by atoms with Crippen molar-refractivity contribution in [1.82, 2.24) is 0 Å². The topological polar surface area (TPSA) is 78.7 Å². The molecule has 0 aliphatic heterocycles. The predicted octanol–water partition coefficient (Wildman–Crippen LogP) is 3.45. The highest BCUT2D eigenvalue weighted by molar-refractivity contribution is 5.63. The molecule has 4 heteroatoms. The molecule has 0 N–H and O–H groups in total. The molecule has 0 saturated carbocycles. The van der Waals surface area contributed by atoms with Gasteiger partial charge in [0.05, 0.1) is 0 Å². The first-order valence-electron chi connectivity index (χ1n) is 5.34. The van der Waals surface area contributed by atoms with Gasteiger partial charge >= 0.3 is 0 Å². The third kappa shape index (κ3) is 7.18. The summed E-state index contributed by atoms with van der Waals surface area (Å²) in [5, 5.41) is 13.5. The highest BCUT2D eigenvalue weighted by Crippen LogP contribution is 2.18. The van der Waals surface area contributed by atoms with Crippen LogP contribution >= 0.6 is 0 Å². The summed E-state index contributed by atoms with van der Waals surface area (Å²) < 4.78 is 0. The van der Waals surface area contributed by atoms with Crippen LogP contribution in [-0.2, 0) is 9.59 Å². The van der Waals surface area contributed by atoms with Crippen molar-refractivity contribution in [3.8, 4) is 11.1 Å². The van der Waals surface area contributed by atoms with Crippen LogP contribution in [-0.4, -0.2) is 12.2 Å². The molecule has 0 aromatic heterocycles. The van der Waals surface area contributed by atoms with Gasteiger partial charge in [0.15, 0.2) is 0 Å². The van der Waals surface area contributed by atoms with Gasteiger partial charge in [-0.2, -0.15) is 0 Å². The molecule has 0 amide bonds. The van der Waals surface area contributed by atoms with E-state index in [9.17, 15) is 0 Å². The van der Waals surface area contributed by atoms with E-state index in [2.05, 4.69) is 55.5 Å². The molecule has 2 rings (SSSR count). The van der Waals surface area contributed by atoms with Gasteiger partial charge in [-0.15, -0.1) is 0 Å². The number of rotatable bonds is 1. The van der Waals surface area contributed by atoms with E-state index in [4.69, 9.17) is 20.4 Å². The second-order valence-electron chi connectivity index (χ2n) is 3.41. The normalized spacial score (nSPS) is 7.63. The molecule has 0 radical (unpaired) electrons.